The summed E-state index contributed by atoms with van der Waals surface area (Å²) < 4.78 is 1.81. The summed E-state index contributed by atoms with van der Waals surface area (Å²) in [5.74, 6) is -0.0474. The number of nitrogens with zero attached hydrogens (tertiary/aromatic N) is 1. The van der Waals surface area contributed by atoms with Crippen LogP contribution in [0.25, 0.3) is 0 Å². The van der Waals surface area contributed by atoms with Crippen LogP contribution in [-0.4, -0.2) is 10.5 Å². The third-order valence-electron chi connectivity index (χ3n) is 2.82. The summed E-state index contributed by atoms with van der Waals surface area (Å²) in [6.45, 7) is 1.98. The molecule has 1 heterocycles. The quantitative estimate of drug-likeness (QED) is 0.860. The number of hydrogen-bond acceptors (Lipinski definition) is 1. The maximum Gasteiger partial charge on any atom is 0.268 e. The second-order valence-electron chi connectivity index (χ2n) is 4.11. The first-order valence-corrected chi connectivity index (χ1v) is 5.65. The van der Waals surface area contributed by atoms with Crippen molar-refractivity contribution >= 4 is 5.91 Å². The van der Waals surface area contributed by atoms with E-state index in [4.69, 9.17) is 0 Å². The molecule has 0 radical (unpaired) electrons. The van der Waals surface area contributed by atoms with Crippen molar-refractivity contribution in [3.63, 3.8) is 0 Å². The van der Waals surface area contributed by atoms with Gasteiger partial charge in [0.1, 0.15) is 5.69 Å². The molecule has 0 saturated heterocycles. The van der Waals surface area contributed by atoms with Gasteiger partial charge in [0.05, 0.1) is 6.04 Å². The molecule has 17 heavy (non-hydrogen) atoms. The van der Waals surface area contributed by atoms with Crippen LogP contribution in [0, 0.1) is 0 Å². The molecular formula is C14H16N2O. The first-order valence-electron chi connectivity index (χ1n) is 5.65. The zero-order chi connectivity index (χ0) is 12.3. The number of rotatable bonds is 3. The molecule has 1 N–H and O–H groups in total. The Bertz CT molecular complexity index is 502. The first-order chi connectivity index (χ1) is 8.18. The van der Waals surface area contributed by atoms with Crippen molar-refractivity contribution in [3.8, 4) is 0 Å². The second kappa shape index (κ2) is 4.87. The van der Waals surface area contributed by atoms with Gasteiger partial charge in [-0.2, -0.15) is 0 Å². The number of amides is 1. The Morgan fingerprint density at radius 3 is 2.47 bits per heavy atom. The summed E-state index contributed by atoms with van der Waals surface area (Å²) >= 11 is 0. The third-order valence-corrected chi connectivity index (χ3v) is 2.82. The van der Waals surface area contributed by atoms with Crippen molar-refractivity contribution in [2.75, 3.05) is 0 Å². The minimum Gasteiger partial charge on any atom is -0.347 e. The van der Waals surface area contributed by atoms with E-state index < -0.39 is 0 Å². The monoisotopic (exact) mass is 228 g/mol. The minimum atomic E-state index is -0.0474. The van der Waals surface area contributed by atoms with Gasteiger partial charge in [-0.1, -0.05) is 30.3 Å². The Labute approximate surface area is 101 Å². The van der Waals surface area contributed by atoms with Gasteiger partial charge in [0.15, 0.2) is 0 Å². The third kappa shape index (κ3) is 2.56. The number of aromatic nitrogens is 1. The average Bonchev–Trinajstić information content (AvgIpc) is 2.76. The average molecular weight is 228 g/mol. The van der Waals surface area contributed by atoms with Crippen molar-refractivity contribution in [1.82, 2.24) is 9.88 Å². The summed E-state index contributed by atoms with van der Waals surface area (Å²) in [4.78, 5) is 12.0. The van der Waals surface area contributed by atoms with E-state index in [1.807, 2.05) is 67.2 Å². The maximum absolute atomic E-state index is 12.0. The number of nitrogens with one attached hydrogen (secondary N) is 1. The van der Waals surface area contributed by atoms with Crippen molar-refractivity contribution in [3.05, 3.63) is 59.9 Å². The van der Waals surface area contributed by atoms with Gasteiger partial charge in [-0.25, -0.2) is 0 Å². The highest BCUT2D eigenvalue weighted by molar-refractivity contribution is 5.92. The molecule has 3 nitrogen and oxygen atoms in total. The van der Waals surface area contributed by atoms with Crippen molar-refractivity contribution in [2.24, 2.45) is 7.05 Å². The smallest absolute Gasteiger partial charge is 0.268 e. The zero-order valence-electron chi connectivity index (χ0n) is 10.1. The molecule has 3 heteroatoms. The number of aryl methyl sites for hydroxylation is 1. The highest BCUT2D eigenvalue weighted by atomic mass is 16.2. The molecule has 0 aliphatic heterocycles. The molecule has 2 aromatic rings. The summed E-state index contributed by atoms with van der Waals surface area (Å²) in [6, 6.07) is 13.6. The van der Waals surface area contributed by atoms with Gasteiger partial charge in [0.2, 0.25) is 0 Å². The van der Waals surface area contributed by atoms with E-state index in [0.29, 0.717) is 5.69 Å². The highest BCUT2D eigenvalue weighted by Gasteiger charge is 2.12. The molecule has 1 aromatic carbocycles. The van der Waals surface area contributed by atoms with Crippen LogP contribution in [0.1, 0.15) is 29.0 Å². The molecule has 0 spiro atoms. The first kappa shape index (κ1) is 11.5. The summed E-state index contributed by atoms with van der Waals surface area (Å²) in [7, 11) is 1.86. The van der Waals surface area contributed by atoms with Gasteiger partial charge in [-0.05, 0) is 24.6 Å². The summed E-state index contributed by atoms with van der Waals surface area (Å²) in [5, 5.41) is 2.98. The topological polar surface area (TPSA) is 34.0 Å². The van der Waals surface area contributed by atoms with Gasteiger partial charge < -0.3 is 9.88 Å². The normalized spacial score (nSPS) is 12.1. The second-order valence-corrected chi connectivity index (χ2v) is 4.11. The van der Waals surface area contributed by atoms with E-state index in [1.54, 1.807) is 0 Å². The van der Waals surface area contributed by atoms with Crippen LogP contribution < -0.4 is 5.32 Å². The fourth-order valence-corrected chi connectivity index (χ4v) is 1.79. The van der Waals surface area contributed by atoms with Crippen molar-refractivity contribution in [1.29, 1.82) is 0 Å². The lowest BCUT2D eigenvalue weighted by atomic mass is 10.1. The predicted octanol–water partition coefficient (Wildman–Crippen LogP) is 2.52. The van der Waals surface area contributed by atoms with Gasteiger partial charge >= 0.3 is 0 Å². The lowest BCUT2D eigenvalue weighted by molar-refractivity contribution is 0.0931. The number of carbonyl (C=O) groups is 1. The van der Waals surface area contributed by atoms with E-state index in [0.717, 1.165) is 5.56 Å². The molecule has 0 aliphatic rings. The highest BCUT2D eigenvalue weighted by Crippen LogP contribution is 2.12. The van der Waals surface area contributed by atoms with E-state index in [1.165, 1.54) is 0 Å². The standard InChI is InChI=1S/C14H16N2O/c1-11(12-7-4-3-5-8-12)15-14(17)13-9-6-10-16(13)2/h3-11H,1-2H3,(H,15,17). The Balaban J connectivity index is 2.08. The predicted molar refractivity (Wildman–Crippen MR) is 67.7 cm³/mol. The lowest BCUT2D eigenvalue weighted by Crippen LogP contribution is -2.28. The van der Waals surface area contributed by atoms with Crippen molar-refractivity contribution in [2.45, 2.75) is 13.0 Å². The Kier molecular flexibility index (Phi) is 3.28. The molecule has 0 bridgehead atoms. The molecule has 88 valence electrons. The van der Waals surface area contributed by atoms with E-state index in [2.05, 4.69) is 5.32 Å². The van der Waals surface area contributed by atoms with Crippen LogP contribution in [0.15, 0.2) is 48.7 Å². The minimum absolute atomic E-state index is 0.0126. The van der Waals surface area contributed by atoms with Gasteiger partial charge in [0, 0.05) is 13.2 Å². The van der Waals surface area contributed by atoms with Crippen LogP contribution in [0.4, 0.5) is 0 Å². The Morgan fingerprint density at radius 1 is 1.18 bits per heavy atom. The molecule has 0 fully saturated rings. The van der Waals surface area contributed by atoms with E-state index in [-0.39, 0.29) is 11.9 Å². The van der Waals surface area contributed by atoms with Crippen LogP contribution >= 0.6 is 0 Å². The van der Waals surface area contributed by atoms with Crippen LogP contribution in [-0.2, 0) is 7.05 Å². The van der Waals surface area contributed by atoms with Crippen LogP contribution in [0.3, 0.4) is 0 Å². The SMILES string of the molecule is CC(NC(=O)c1cccn1C)c1ccccc1. The zero-order valence-corrected chi connectivity index (χ0v) is 10.1. The molecule has 1 atom stereocenters. The van der Waals surface area contributed by atoms with Gasteiger partial charge in [-0.15, -0.1) is 0 Å². The largest absolute Gasteiger partial charge is 0.347 e. The maximum atomic E-state index is 12.0. The Morgan fingerprint density at radius 2 is 1.88 bits per heavy atom. The molecule has 2 rings (SSSR count). The fraction of sp³-hybridized carbons (Fsp3) is 0.214. The van der Waals surface area contributed by atoms with Gasteiger partial charge in [-0.3, -0.25) is 4.79 Å². The molecule has 1 amide bonds. The molecular weight excluding hydrogens is 212 g/mol. The van der Waals surface area contributed by atoms with E-state index in [9.17, 15) is 4.79 Å². The lowest BCUT2D eigenvalue weighted by Gasteiger charge is -2.14. The summed E-state index contributed by atoms with van der Waals surface area (Å²) in [5.41, 5.74) is 1.78. The number of benzene rings is 1. The number of hydrogen-bond donors (Lipinski definition) is 1. The molecule has 0 saturated carbocycles. The molecule has 1 aromatic heterocycles. The van der Waals surface area contributed by atoms with E-state index >= 15 is 0 Å². The van der Waals surface area contributed by atoms with Crippen molar-refractivity contribution < 1.29 is 4.79 Å². The number of carbonyl (C=O) groups excluding carboxylic acids is 1. The van der Waals surface area contributed by atoms with Crippen LogP contribution in [0.5, 0.6) is 0 Å². The fourth-order valence-electron chi connectivity index (χ4n) is 1.79. The van der Waals surface area contributed by atoms with Gasteiger partial charge in [0.25, 0.3) is 5.91 Å². The Hall–Kier alpha value is -2.03. The van der Waals surface area contributed by atoms with Crippen LogP contribution in [0.2, 0.25) is 0 Å². The summed E-state index contributed by atoms with van der Waals surface area (Å²) in [6.07, 6.45) is 1.86. The molecule has 1 unspecified atom stereocenters. The molecule has 0 aliphatic carbocycles.